The first-order valence-electron chi connectivity index (χ1n) is 7.82. The van der Waals surface area contributed by atoms with E-state index in [0.717, 1.165) is 0 Å². The average Bonchev–Trinajstić information content (AvgIpc) is 2.75. The van der Waals surface area contributed by atoms with Crippen molar-refractivity contribution in [3.63, 3.8) is 0 Å². The molecule has 1 aromatic rings. The number of piperidine rings is 1. The molecule has 1 amide bonds. The first-order valence-corrected chi connectivity index (χ1v) is 9.23. The van der Waals surface area contributed by atoms with Gasteiger partial charge in [-0.05, 0) is 12.5 Å². The first kappa shape index (κ1) is 16.8. The Bertz CT molecular complexity index is 765. The zero-order chi connectivity index (χ0) is 17.4. The van der Waals surface area contributed by atoms with E-state index in [9.17, 15) is 13.2 Å². The van der Waals surface area contributed by atoms with Gasteiger partial charge in [0.05, 0.1) is 12.3 Å². The van der Waals surface area contributed by atoms with E-state index in [1.54, 1.807) is 42.2 Å². The highest BCUT2D eigenvalue weighted by Gasteiger charge is 2.51. The van der Waals surface area contributed by atoms with Crippen LogP contribution in [0.2, 0.25) is 0 Å². The summed E-state index contributed by atoms with van der Waals surface area (Å²) in [6, 6.07) is 8.68. The summed E-state index contributed by atoms with van der Waals surface area (Å²) in [4.78, 5) is 13.4. The van der Waals surface area contributed by atoms with Gasteiger partial charge in [-0.3, -0.25) is 4.18 Å². The number of hydrogen-bond acceptors (Lipinski definition) is 6. The van der Waals surface area contributed by atoms with Gasteiger partial charge in [0.15, 0.2) is 0 Å². The fourth-order valence-corrected chi connectivity index (χ4v) is 4.79. The van der Waals surface area contributed by atoms with Crippen LogP contribution in [0.5, 0.6) is 0 Å². The Kier molecular flexibility index (Phi) is 4.27. The average molecular weight is 352 g/mol. The van der Waals surface area contributed by atoms with Crippen molar-refractivity contribution < 1.29 is 22.1 Å². The lowest BCUT2D eigenvalue weighted by Gasteiger charge is -2.37. The number of likely N-dealkylation sites (tertiary alicyclic amines) is 1. The Morgan fingerprint density at radius 3 is 2.50 bits per heavy atom. The summed E-state index contributed by atoms with van der Waals surface area (Å²) < 4.78 is 35.4. The van der Waals surface area contributed by atoms with E-state index in [0.29, 0.717) is 38.1 Å². The summed E-state index contributed by atoms with van der Waals surface area (Å²) in [6.45, 7) is 2.70. The lowest BCUT2D eigenvalue weighted by atomic mass is 9.87. The number of carbonyl (C=O) groups is 1. The first-order chi connectivity index (χ1) is 11.4. The molecular weight excluding hydrogens is 332 g/mol. The quantitative estimate of drug-likeness (QED) is 0.813. The molecule has 1 fully saturated rings. The topological polar surface area (TPSA) is 98.9 Å². The maximum Gasteiger partial charge on any atom is 0.409 e. The zero-order valence-corrected chi connectivity index (χ0v) is 14.2. The molecule has 0 saturated carbocycles. The summed E-state index contributed by atoms with van der Waals surface area (Å²) in [6.07, 6.45) is 0.222. The van der Waals surface area contributed by atoms with Crippen molar-refractivity contribution in [2.45, 2.75) is 25.4 Å². The van der Waals surface area contributed by atoms with Gasteiger partial charge in [-0.15, -0.1) is 0 Å². The van der Waals surface area contributed by atoms with Crippen LogP contribution in [0.4, 0.5) is 4.79 Å². The Hall–Kier alpha value is -2.06. The van der Waals surface area contributed by atoms with Crippen molar-refractivity contribution in [2.75, 3.05) is 19.7 Å². The molecule has 1 aromatic carbocycles. The minimum atomic E-state index is -3.93. The van der Waals surface area contributed by atoms with Crippen LogP contribution >= 0.6 is 0 Å². The molecule has 0 bridgehead atoms. The lowest BCUT2D eigenvalue weighted by Crippen LogP contribution is -2.49. The number of hydrogen-bond donors (Lipinski definition) is 1. The van der Waals surface area contributed by atoms with Gasteiger partial charge >= 0.3 is 6.09 Å². The van der Waals surface area contributed by atoms with Crippen molar-refractivity contribution in [1.29, 1.82) is 0 Å². The van der Waals surface area contributed by atoms with Gasteiger partial charge in [0.25, 0.3) is 10.1 Å². The molecule has 0 radical (unpaired) electrons. The molecule has 7 nitrogen and oxygen atoms in total. The van der Waals surface area contributed by atoms with E-state index >= 15 is 0 Å². The van der Waals surface area contributed by atoms with Gasteiger partial charge in [0, 0.05) is 25.9 Å². The number of rotatable bonds is 2. The Morgan fingerprint density at radius 2 is 1.92 bits per heavy atom. The standard InChI is InChI=1S/C16H20N2O5S/c1-2-22-15(19)18-10-8-16(9-11-18)14(17)13(24(20,21)23-16)12-6-4-3-5-7-12/h3-7H,2,8-11,17H2,1H3. The molecule has 3 rings (SSSR count). The van der Waals surface area contributed by atoms with Crippen LogP contribution < -0.4 is 5.73 Å². The second-order valence-electron chi connectivity index (χ2n) is 5.83. The van der Waals surface area contributed by atoms with Gasteiger partial charge in [0.2, 0.25) is 0 Å². The van der Waals surface area contributed by atoms with E-state index < -0.39 is 21.8 Å². The largest absolute Gasteiger partial charge is 0.450 e. The molecular formula is C16H20N2O5S. The third-order valence-electron chi connectivity index (χ3n) is 4.39. The van der Waals surface area contributed by atoms with E-state index in [4.69, 9.17) is 14.7 Å². The van der Waals surface area contributed by atoms with Crippen LogP contribution in [0.15, 0.2) is 36.0 Å². The van der Waals surface area contributed by atoms with Crippen molar-refractivity contribution >= 4 is 21.1 Å². The Labute approximate surface area is 141 Å². The molecule has 0 atom stereocenters. The van der Waals surface area contributed by atoms with Crippen LogP contribution in [0.3, 0.4) is 0 Å². The van der Waals surface area contributed by atoms with Gasteiger partial charge < -0.3 is 15.4 Å². The minimum Gasteiger partial charge on any atom is -0.450 e. The third kappa shape index (κ3) is 2.76. The fourth-order valence-electron chi connectivity index (χ4n) is 3.15. The maximum atomic E-state index is 12.5. The Balaban J connectivity index is 1.89. The molecule has 2 aliphatic rings. The summed E-state index contributed by atoms with van der Waals surface area (Å²) in [5.74, 6) is 0. The van der Waals surface area contributed by atoms with Crippen LogP contribution in [0, 0.1) is 0 Å². The predicted molar refractivity (Wildman–Crippen MR) is 88.1 cm³/mol. The molecule has 130 valence electrons. The molecule has 8 heteroatoms. The van der Waals surface area contributed by atoms with Crippen LogP contribution in [0.25, 0.3) is 4.91 Å². The van der Waals surface area contributed by atoms with Gasteiger partial charge in [-0.2, -0.15) is 8.42 Å². The van der Waals surface area contributed by atoms with E-state index in [1.807, 2.05) is 0 Å². The minimum absolute atomic E-state index is 0.0349. The number of nitrogens with zero attached hydrogens (tertiary/aromatic N) is 1. The van der Waals surface area contributed by atoms with Crippen molar-refractivity contribution in [2.24, 2.45) is 5.73 Å². The summed E-state index contributed by atoms with van der Waals surface area (Å²) in [5, 5.41) is 0. The number of amides is 1. The summed E-state index contributed by atoms with van der Waals surface area (Å²) >= 11 is 0. The summed E-state index contributed by atoms with van der Waals surface area (Å²) in [7, 11) is -3.93. The molecule has 0 unspecified atom stereocenters. The molecule has 2 aliphatic heterocycles. The highest BCUT2D eigenvalue weighted by Crippen LogP contribution is 2.45. The lowest BCUT2D eigenvalue weighted by molar-refractivity contribution is 0.0353. The predicted octanol–water partition coefficient (Wildman–Crippen LogP) is 1.67. The second-order valence-corrected chi connectivity index (χ2v) is 7.31. The van der Waals surface area contributed by atoms with Gasteiger partial charge in [-0.1, -0.05) is 30.3 Å². The second kappa shape index (κ2) is 6.10. The summed E-state index contributed by atoms with van der Waals surface area (Å²) in [5.41, 5.74) is 5.87. The highest BCUT2D eigenvalue weighted by atomic mass is 32.2. The fraction of sp³-hybridized carbons (Fsp3) is 0.438. The third-order valence-corrected chi connectivity index (χ3v) is 5.88. The van der Waals surface area contributed by atoms with Crippen molar-refractivity contribution in [3.8, 4) is 0 Å². The maximum absolute atomic E-state index is 12.5. The van der Waals surface area contributed by atoms with E-state index in [2.05, 4.69) is 0 Å². The molecule has 1 saturated heterocycles. The monoisotopic (exact) mass is 352 g/mol. The van der Waals surface area contributed by atoms with Crippen LogP contribution in [-0.4, -0.2) is 44.7 Å². The molecule has 0 aromatic heterocycles. The zero-order valence-electron chi connectivity index (χ0n) is 13.4. The number of ether oxygens (including phenoxy) is 1. The molecule has 0 aliphatic carbocycles. The number of benzene rings is 1. The number of carbonyl (C=O) groups excluding carboxylic acids is 1. The van der Waals surface area contributed by atoms with Crippen LogP contribution in [0.1, 0.15) is 25.3 Å². The van der Waals surface area contributed by atoms with Gasteiger partial charge in [0.1, 0.15) is 10.5 Å². The normalized spacial score (nSPS) is 22.0. The molecule has 2 N–H and O–H groups in total. The number of nitrogens with two attached hydrogens (primary N) is 1. The SMILES string of the molecule is CCOC(=O)N1CCC2(CC1)OS(=O)(=O)C(c1ccccc1)=C2N. The highest BCUT2D eigenvalue weighted by molar-refractivity contribution is 7.96. The van der Waals surface area contributed by atoms with E-state index in [-0.39, 0.29) is 10.6 Å². The molecule has 2 heterocycles. The molecule has 1 spiro atoms. The van der Waals surface area contributed by atoms with E-state index in [1.165, 1.54) is 0 Å². The van der Waals surface area contributed by atoms with Gasteiger partial charge in [-0.25, -0.2) is 4.79 Å². The van der Waals surface area contributed by atoms with Crippen molar-refractivity contribution in [3.05, 3.63) is 41.6 Å². The molecule has 24 heavy (non-hydrogen) atoms. The van der Waals surface area contributed by atoms with Crippen molar-refractivity contribution in [1.82, 2.24) is 4.90 Å². The van der Waals surface area contributed by atoms with Crippen LogP contribution in [-0.2, 0) is 19.0 Å². The Morgan fingerprint density at radius 1 is 1.29 bits per heavy atom. The smallest absolute Gasteiger partial charge is 0.409 e.